The quantitative estimate of drug-likeness (QED) is 0.195. The lowest BCUT2D eigenvalue weighted by atomic mass is 9.78. The van der Waals surface area contributed by atoms with E-state index in [4.69, 9.17) is 18.9 Å². The molecule has 2 atom stereocenters. The van der Waals surface area contributed by atoms with Crippen LogP contribution in [0.1, 0.15) is 45.7 Å². The fraction of sp³-hybridized carbons (Fsp3) is 0.257. The second-order valence-corrected chi connectivity index (χ2v) is 10.5. The maximum atomic E-state index is 12.5. The predicted molar refractivity (Wildman–Crippen MR) is 161 cm³/mol. The molecule has 0 saturated heterocycles. The van der Waals surface area contributed by atoms with Crippen molar-refractivity contribution in [2.75, 3.05) is 26.4 Å². The van der Waals surface area contributed by atoms with E-state index in [1.807, 2.05) is 74.5 Å². The van der Waals surface area contributed by atoms with Gasteiger partial charge in [-0.1, -0.05) is 74.5 Å². The molecule has 4 aromatic rings. The lowest BCUT2D eigenvalue weighted by molar-refractivity contribution is 0.0127. The number of hydrogen-bond donors (Lipinski definition) is 2. The summed E-state index contributed by atoms with van der Waals surface area (Å²) in [4.78, 5) is 25.0. The molecule has 43 heavy (non-hydrogen) atoms. The zero-order chi connectivity index (χ0) is 30.7. The van der Waals surface area contributed by atoms with Gasteiger partial charge in [0.25, 0.3) is 0 Å². The first-order valence-corrected chi connectivity index (χ1v) is 14.0. The molecule has 4 aromatic carbocycles. The van der Waals surface area contributed by atoms with Crippen LogP contribution in [0.2, 0.25) is 0 Å². The highest BCUT2D eigenvalue weighted by atomic mass is 16.6. The molecule has 224 valence electrons. The molecule has 8 nitrogen and oxygen atoms in total. The molecule has 0 aliphatic carbocycles. The van der Waals surface area contributed by atoms with Gasteiger partial charge < -0.3 is 29.2 Å². The molecule has 0 aliphatic heterocycles. The third kappa shape index (κ3) is 9.16. The first-order valence-electron chi connectivity index (χ1n) is 14.0. The van der Waals surface area contributed by atoms with Crippen LogP contribution in [0.15, 0.2) is 109 Å². The lowest BCUT2D eigenvalue weighted by Gasteiger charge is -2.26. The number of ether oxygens (including phenoxy) is 4. The molecule has 0 heterocycles. The van der Waals surface area contributed by atoms with Crippen LogP contribution in [0, 0.1) is 0 Å². The van der Waals surface area contributed by atoms with Gasteiger partial charge in [-0.25, -0.2) is 9.59 Å². The first-order chi connectivity index (χ1) is 20.7. The standard InChI is InChI=1S/C35H36O8/c1-35(2,27-17-13-25(14-18-27)33(38)42-23-29(36)21-40-31-9-5-3-6-10-31)28-19-15-26(16-20-28)34(39)43-24-30(37)22-41-32-11-7-4-8-12-32/h3-20,29-30,36-37H,21-24H2,1-2H3. The van der Waals surface area contributed by atoms with Gasteiger partial charge in [0, 0.05) is 5.41 Å². The maximum Gasteiger partial charge on any atom is 0.338 e. The molecule has 2 unspecified atom stereocenters. The van der Waals surface area contributed by atoms with Crippen LogP contribution >= 0.6 is 0 Å². The van der Waals surface area contributed by atoms with Crippen LogP contribution in [0.25, 0.3) is 0 Å². The number of carbonyl (C=O) groups is 2. The highest BCUT2D eigenvalue weighted by Gasteiger charge is 2.24. The minimum Gasteiger partial charge on any atom is -0.491 e. The molecular weight excluding hydrogens is 548 g/mol. The molecule has 0 aromatic heterocycles. The van der Waals surface area contributed by atoms with E-state index in [1.54, 1.807) is 48.5 Å². The molecular formula is C35H36O8. The van der Waals surface area contributed by atoms with Crippen LogP contribution in [0.4, 0.5) is 0 Å². The Morgan fingerprint density at radius 2 is 0.907 bits per heavy atom. The zero-order valence-corrected chi connectivity index (χ0v) is 24.2. The van der Waals surface area contributed by atoms with Gasteiger partial charge in [0.2, 0.25) is 0 Å². The molecule has 0 saturated carbocycles. The number of aliphatic hydroxyl groups excluding tert-OH is 2. The van der Waals surface area contributed by atoms with E-state index in [0.717, 1.165) is 11.1 Å². The third-order valence-corrected chi connectivity index (χ3v) is 6.87. The average Bonchev–Trinajstić information content (AvgIpc) is 3.05. The van der Waals surface area contributed by atoms with Crippen molar-refractivity contribution in [2.45, 2.75) is 31.5 Å². The third-order valence-electron chi connectivity index (χ3n) is 6.87. The summed E-state index contributed by atoms with van der Waals surface area (Å²) in [5, 5.41) is 20.2. The van der Waals surface area contributed by atoms with Gasteiger partial charge in [-0.05, 0) is 59.7 Å². The summed E-state index contributed by atoms with van der Waals surface area (Å²) >= 11 is 0. The summed E-state index contributed by atoms with van der Waals surface area (Å²) in [5.74, 6) is 0.174. The Hall–Kier alpha value is -4.66. The fourth-order valence-corrected chi connectivity index (χ4v) is 4.24. The number of rotatable bonds is 14. The highest BCUT2D eigenvalue weighted by Crippen LogP contribution is 2.32. The van der Waals surface area contributed by atoms with E-state index < -0.39 is 29.6 Å². The first kappa shape index (κ1) is 31.3. The molecule has 0 spiro atoms. The Bertz CT molecular complexity index is 1320. The molecule has 0 fully saturated rings. The molecule has 0 aliphatic rings. The molecule has 8 heteroatoms. The SMILES string of the molecule is CC(C)(c1ccc(C(=O)OCC(O)COc2ccccc2)cc1)c1ccc(C(=O)OCC(O)COc2ccccc2)cc1. The van der Waals surface area contributed by atoms with E-state index in [-0.39, 0.29) is 26.4 Å². The molecule has 0 radical (unpaired) electrons. The predicted octanol–water partition coefficient (Wildman–Crippen LogP) is 5.21. The highest BCUT2D eigenvalue weighted by molar-refractivity contribution is 5.90. The van der Waals surface area contributed by atoms with Gasteiger partial charge in [-0.3, -0.25) is 0 Å². The maximum absolute atomic E-state index is 12.5. The van der Waals surface area contributed by atoms with E-state index in [0.29, 0.717) is 22.6 Å². The average molecular weight is 585 g/mol. The van der Waals surface area contributed by atoms with Crippen molar-refractivity contribution in [1.29, 1.82) is 0 Å². The van der Waals surface area contributed by atoms with E-state index in [9.17, 15) is 19.8 Å². The Kier molecular flexibility index (Phi) is 10.9. The summed E-state index contributed by atoms with van der Waals surface area (Å²) in [6.07, 6.45) is -1.91. The number of para-hydroxylation sites is 2. The number of benzene rings is 4. The van der Waals surface area contributed by atoms with Crippen LogP contribution in [-0.4, -0.2) is 60.8 Å². The van der Waals surface area contributed by atoms with E-state index in [2.05, 4.69) is 0 Å². The normalized spacial score (nSPS) is 12.6. The minimum atomic E-state index is -0.957. The van der Waals surface area contributed by atoms with Crippen LogP contribution in [0.5, 0.6) is 11.5 Å². The van der Waals surface area contributed by atoms with Gasteiger partial charge in [-0.15, -0.1) is 0 Å². The van der Waals surface area contributed by atoms with Gasteiger partial charge in [0.05, 0.1) is 11.1 Å². The summed E-state index contributed by atoms with van der Waals surface area (Å²) in [6.45, 7) is 3.72. The van der Waals surface area contributed by atoms with Crippen LogP contribution in [0.3, 0.4) is 0 Å². The molecule has 0 bridgehead atoms. The summed E-state index contributed by atoms with van der Waals surface area (Å²) in [6, 6.07) is 32.3. The second-order valence-electron chi connectivity index (χ2n) is 10.5. The van der Waals surface area contributed by atoms with Crippen molar-refractivity contribution in [3.8, 4) is 11.5 Å². The lowest BCUT2D eigenvalue weighted by Crippen LogP contribution is -2.25. The number of aliphatic hydroxyl groups is 2. The van der Waals surface area contributed by atoms with Crippen molar-refractivity contribution in [3.63, 3.8) is 0 Å². The molecule has 2 N–H and O–H groups in total. The smallest absolute Gasteiger partial charge is 0.338 e. The van der Waals surface area contributed by atoms with Crippen LogP contribution < -0.4 is 9.47 Å². The van der Waals surface area contributed by atoms with Gasteiger partial charge >= 0.3 is 11.9 Å². The number of carbonyl (C=O) groups excluding carboxylic acids is 2. The fourth-order valence-electron chi connectivity index (χ4n) is 4.24. The topological polar surface area (TPSA) is 112 Å². The van der Waals surface area contributed by atoms with Gasteiger partial charge in [0.15, 0.2) is 0 Å². The van der Waals surface area contributed by atoms with Crippen molar-refractivity contribution in [2.24, 2.45) is 0 Å². The van der Waals surface area contributed by atoms with Crippen molar-refractivity contribution < 1.29 is 38.7 Å². The monoisotopic (exact) mass is 584 g/mol. The molecule has 0 amide bonds. The van der Waals surface area contributed by atoms with Crippen LogP contribution in [-0.2, 0) is 14.9 Å². The Morgan fingerprint density at radius 3 is 1.26 bits per heavy atom. The molecule has 4 rings (SSSR count). The van der Waals surface area contributed by atoms with Gasteiger partial charge in [-0.2, -0.15) is 0 Å². The van der Waals surface area contributed by atoms with Crippen molar-refractivity contribution in [1.82, 2.24) is 0 Å². The summed E-state index contributed by atoms with van der Waals surface area (Å²) < 4.78 is 21.5. The Labute approximate surface area is 251 Å². The summed E-state index contributed by atoms with van der Waals surface area (Å²) in [7, 11) is 0. The number of esters is 2. The second kappa shape index (κ2) is 15.0. The number of hydrogen-bond acceptors (Lipinski definition) is 8. The van der Waals surface area contributed by atoms with E-state index in [1.165, 1.54) is 0 Å². The summed E-state index contributed by atoms with van der Waals surface area (Å²) in [5.41, 5.74) is 2.21. The minimum absolute atomic E-state index is 0.00655. The van der Waals surface area contributed by atoms with Crippen molar-refractivity contribution >= 4 is 11.9 Å². The van der Waals surface area contributed by atoms with Crippen molar-refractivity contribution in [3.05, 3.63) is 131 Å². The van der Waals surface area contributed by atoms with Gasteiger partial charge in [0.1, 0.15) is 50.1 Å². The van der Waals surface area contributed by atoms with E-state index >= 15 is 0 Å². The zero-order valence-electron chi connectivity index (χ0n) is 24.2. The Morgan fingerprint density at radius 1 is 0.558 bits per heavy atom. The largest absolute Gasteiger partial charge is 0.491 e. The Balaban J connectivity index is 1.25.